The predicted octanol–water partition coefficient (Wildman–Crippen LogP) is 2.26. The number of ether oxygens (including phenoxy) is 1. The fourth-order valence-electron chi connectivity index (χ4n) is 4.16. The molecule has 1 amide bonds. The standard InChI is InChI=1S/C26H29N5O4/c1-4-31-24-23(18(2)28-31)30(17-22(32)27-16-20-10-12-21(35-3)13-11-20)26(34)29(25(24)33)15-14-19-8-6-5-7-9-19/h5-13H,4,14-17H2,1-3H3,(H,27,32). The van der Waals surface area contributed by atoms with Crippen LogP contribution in [-0.2, 0) is 37.4 Å². The number of aromatic nitrogens is 4. The van der Waals surface area contributed by atoms with Crippen LogP contribution in [0.5, 0.6) is 5.75 Å². The van der Waals surface area contributed by atoms with Gasteiger partial charge in [0.15, 0.2) is 5.52 Å². The molecular formula is C26H29N5O4. The van der Waals surface area contributed by atoms with Gasteiger partial charge in [0.25, 0.3) is 5.56 Å². The normalized spacial score (nSPS) is 11.1. The summed E-state index contributed by atoms with van der Waals surface area (Å²) in [5.74, 6) is 0.399. The molecule has 0 fully saturated rings. The molecule has 0 aliphatic rings. The van der Waals surface area contributed by atoms with Gasteiger partial charge in [0.05, 0.1) is 12.8 Å². The van der Waals surface area contributed by atoms with E-state index in [0.29, 0.717) is 36.2 Å². The molecule has 0 atom stereocenters. The van der Waals surface area contributed by atoms with Gasteiger partial charge in [-0.05, 0) is 43.5 Å². The maximum absolute atomic E-state index is 13.5. The highest BCUT2D eigenvalue weighted by Crippen LogP contribution is 2.14. The highest BCUT2D eigenvalue weighted by molar-refractivity contribution is 5.81. The third kappa shape index (κ3) is 5.03. The molecule has 9 heteroatoms. The van der Waals surface area contributed by atoms with Crippen LogP contribution in [0.1, 0.15) is 23.7 Å². The lowest BCUT2D eigenvalue weighted by Crippen LogP contribution is -2.43. The number of amides is 1. The lowest BCUT2D eigenvalue weighted by atomic mass is 10.1. The molecule has 1 N–H and O–H groups in total. The van der Waals surface area contributed by atoms with E-state index in [-0.39, 0.29) is 19.0 Å². The first kappa shape index (κ1) is 24.0. The molecule has 0 spiro atoms. The van der Waals surface area contributed by atoms with Crippen molar-refractivity contribution in [2.24, 2.45) is 0 Å². The summed E-state index contributed by atoms with van der Waals surface area (Å²) >= 11 is 0. The summed E-state index contributed by atoms with van der Waals surface area (Å²) in [5, 5.41) is 7.30. The van der Waals surface area contributed by atoms with Crippen LogP contribution in [0.3, 0.4) is 0 Å². The molecule has 2 aromatic carbocycles. The van der Waals surface area contributed by atoms with Crippen molar-refractivity contribution in [2.75, 3.05) is 7.11 Å². The van der Waals surface area contributed by atoms with Crippen LogP contribution in [0.25, 0.3) is 11.0 Å². The van der Waals surface area contributed by atoms with Crippen LogP contribution in [0.15, 0.2) is 64.2 Å². The van der Waals surface area contributed by atoms with E-state index >= 15 is 0 Å². The summed E-state index contributed by atoms with van der Waals surface area (Å²) < 4.78 is 9.32. The Balaban J connectivity index is 1.65. The van der Waals surface area contributed by atoms with E-state index in [2.05, 4.69) is 10.4 Å². The van der Waals surface area contributed by atoms with Crippen molar-refractivity contribution in [3.63, 3.8) is 0 Å². The number of nitrogens with one attached hydrogen (secondary N) is 1. The monoisotopic (exact) mass is 475 g/mol. The molecule has 4 rings (SSSR count). The quantitative estimate of drug-likeness (QED) is 0.400. The predicted molar refractivity (Wildman–Crippen MR) is 134 cm³/mol. The first-order valence-electron chi connectivity index (χ1n) is 11.6. The third-order valence-electron chi connectivity index (χ3n) is 5.99. The maximum atomic E-state index is 13.5. The molecule has 4 aromatic rings. The Morgan fingerprint density at radius 2 is 1.69 bits per heavy atom. The molecule has 0 saturated heterocycles. The summed E-state index contributed by atoms with van der Waals surface area (Å²) in [6.07, 6.45) is 0.518. The van der Waals surface area contributed by atoms with Gasteiger partial charge in [0.1, 0.15) is 17.8 Å². The Labute approximate surface area is 202 Å². The van der Waals surface area contributed by atoms with Gasteiger partial charge in [-0.25, -0.2) is 4.79 Å². The fraction of sp³-hybridized carbons (Fsp3) is 0.308. The van der Waals surface area contributed by atoms with Crippen LogP contribution < -0.4 is 21.3 Å². The molecule has 0 saturated carbocycles. The number of carbonyl (C=O) groups is 1. The highest BCUT2D eigenvalue weighted by atomic mass is 16.5. The van der Waals surface area contributed by atoms with E-state index in [9.17, 15) is 14.4 Å². The number of hydrogen-bond donors (Lipinski definition) is 1. The minimum absolute atomic E-state index is 0.207. The van der Waals surface area contributed by atoms with Crippen LogP contribution in [-0.4, -0.2) is 31.9 Å². The van der Waals surface area contributed by atoms with E-state index in [1.165, 1.54) is 9.13 Å². The van der Waals surface area contributed by atoms with Gasteiger partial charge in [-0.3, -0.25) is 23.4 Å². The van der Waals surface area contributed by atoms with Gasteiger partial charge >= 0.3 is 5.69 Å². The molecule has 0 radical (unpaired) electrons. The van der Waals surface area contributed by atoms with Crippen LogP contribution in [0.2, 0.25) is 0 Å². The first-order chi connectivity index (χ1) is 16.9. The number of aryl methyl sites for hydroxylation is 3. The van der Waals surface area contributed by atoms with Crippen molar-refractivity contribution in [1.29, 1.82) is 0 Å². The number of rotatable bonds is 9. The molecule has 0 aliphatic carbocycles. The molecule has 35 heavy (non-hydrogen) atoms. The zero-order chi connectivity index (χ0) is 24.9. The number of benzene rings is 2. The fourth-order valence-corrected chi connectivity index (χ4v) is 4.16. The molecule has 0 unspecified atom stereocenters. The largest absolute Gasteiger partial charge is 0.497 e. The number of fused-ring (bicyclic) bond motifs is 1. The van der Waals surface area contributed by atoms with Crippen molar-refractivity contribution < 1.29 is 9.53 Å². The van der Waals surface area contributed by atoms with Crippen LogP contribution in [0.4, 0.5) is 0 Å². The summed E-state index contributed by atoms with van der Waals surface area (Å²) in [6.45, 7) is 4.40. The van der Waals surface area contributed by atoms with E-state index in [1.807, 2.05) is 61.5 Å². The smallest absolute Gasteiger partial charge is 0.332 e. The van der Waals surface area contributed by atoms with Gasteiger partial charge < -0.3 is 10.1 Å². The van der Waals surface area contributed by atoms with Crippen LogP contribution >= 0.6 is 0 Å². The summed E-state index contributed by atoms with van der Waals surface area (Å²) in [5.41, 5.74) is 2.28. The number of hydrogen-bond acceptors (Lipinski definition) is 5. The topological polar surface area (TPSA) is 100 Å². The summed E-state index contributed by atoms with van der Waals surface area (Å²) in [7, 11) is 1.59. The van der Waals surface area contributed by atoms with Gasteiger partial charge in [-0.2, -0.15) is 5.10 Å². The van der Waals surface area contributed by atoms with Gasteiger partial charge in [0.2, 0.25) is 5.91 Å². The van der Waals surface area contributed by atoms with Crippen molar-refractivity contribution >= 4 is 16.9 Å². The Morgan fingerprint density at radius 3 is 2.34 bits per heavy atom. The molecule has 182 valence electrons. The summed E-state index contributed by atoms with van der Waals surface area (Å²) in [6, 6.07) is 17.0. The molecule has 0 aliphatic heterocycles. The average Bonchev–Trinajstić information content (AvgIpc) is 3.22. The lowest BCUT2D eigenvalue weighted by molar-refractivity contribution is -0.121. The van der Waals surface area contributed by atoms with Gasteiger partial charge in [-0.15, -0.1) is 0 Å². The van der Waals surface area contributed by atoms with E-state index in [4.69, 9.17) is 4.74 Å². The van der Waals surface area contributed by atoms with E-state index < -0.39 is 11.2 Å². The Morgan fingerprint density at radius 1 is 0.971 bits per heavy atom. The van der Waals surface area contributed by atoms with Crippen molar-refractivity contribution in [3.8, 4) is 5.75 Å². The minimum Gasteiger partial charge on any atom is -0.497 e. The van der Waals surface area contributed by atoms with E-state index in [0.717, 1.165) is 16.9 Å². The second kappa shape index (κ2) is 10.4. The maximum Gasteiger partial charge on any atom is 0.332 e. The Bertz CT molecular complexity index is 1450. The van der Waals surface area contributed by atoms with Crippen molar-refractivity contribution in [3.05, 3.63) is 92.3 Å². The number of carbonyl (C=O) groups excluding carboxylic acids is 1. The minimum atomic E-state index is -0.517. The average molecular weight is 476 g/mol. The number of methoxy groups -OCH3 is 1. The molecule has 2 heterocycles. The second-order valence-electron chi connectivity index (χ2n) is 8.28. The molecule has 0 bridgehead atoms. The lowest BCUT2D eigenvalue weighted by Gasteiger charge is -2.13. The van der Waals surface area contributed by atoms with E-state index in [1.54, 1.807) is 18.7 Å². The summed E-state index contributed by atoms with van der Waals surface area (Å²) in [4.78, 5) is 39.7. The van der Waals surface area contributed by atoms with Gasteiger partial charge in [-0.1, -0.05) is 42.5 Å². The third-order valence-corrected chi connectivity index (χ3v) is 5.99. The SMILES string of the molecule is CCn1nc(C)c2c1c(=O)n(CCc1ccccc1)c(=O)n2CC(=O)NCc1ccc(OC)cc1. The first-order valence-corrected chi connectivity index (χ1v) is 11.6. The molecule has 2 aromatic heterocycles. The Kier molecular flexibility index (Phi) is 7.14. The van der Waals surface area contributed by atoms with Gasteiger partial charge in [0, 0.05) is 19.6 Å². The zero-order valence-electron chi connectivity index (χ0n) is 20.2. The zero-order valence-corrected chi connectivity index (χ0v) is 20.2. The van der Waals surface area contributed by atoms with Crippen LogP contribution in [0, 0.1) is 6.92 Å². The molecular weight excluding hydrogens is 446 g/mol. The van der Waals surface area contributed by atoms with Crippen molar-refractivity contribution in [1.82, 2.24) is 24.2 Å². The van der Waals surface area contributed by atoms with Crippen molar-refractivity contribution in [2.45, 2.75) is 46.4 Å². The second-order valence-corrected chi connectivity index (χ2v) is 8.28. The highest BCUT2D eigenvalue weighted by Gasteiger charge is 2.21. The number of nitrogens with zero attached hydrogens (tertiary/aromatic N) is 4. The molecule has 9 nitrogen and oxygen atoms in total. The Hall–Kier alpha value is -4.14.